The zero-order valence-corrected chi connectivity index (χ0v) is 10.3. The summed E-state index contributed by atoms with van der Waals surface area (Å²) in [5.74, 6) is -0.554. The number of carbonyl (C=O) groups is 1. The molecule has 3 rings (SSSR count). The third-order valence-electron chi connectivity index (χ3n) is 3.12. The summed E-state index contributed by atoms with van der Waals surface area (Å²) >= 11 is 0. The van der Waals surface area contributed by atoms with Crippen molar-refractivity contribution >= 4 is 33.7 Å². The van der Waals surface area contributed by atoms with Gasteiger partial charge in [0, 0.05) is 5.39 Å². The third-order valence-corrected chi connectivity index (χ3v) is 3.12. The van der Waals surface area contributed by atoms with Crippen LogP contribution in [0.2, 0.25) is 0 Å². The summed E-state index contributed by atoms with van der Waals surface area (Å²) in [7, 11) is 0. The van der Waals surface area contributed by atoms with Crippen LogP contribution < -0.4 is 5.73 Å². The van der Waals surface area contributed by atoms with Crippen LogP contribution in [0.4, 0.5) is 5.82 Å². The largest absolute Gasteiger partial charge is 0.480 e. The number of aliphatic carboxylic acids is 1. The molecule has 0 aliphatic carbocycles. The van der Waals surface area contributed by atoms with Gasteiger partial charge in [0.25, 0.3) is 0 Å². The second kappa shape index (κ2) is 3.94. The fourth-order valence-corrected chi connectivity index (χ4v) is 2.35. The highest BCUT2D eigenvalue weighted by molar-refractivity contribution is 6.11. The van der Waals surface area contributed by atoms with Gasteiger partial charge in [-0.25, -0.2) is 9.97 Å². The van der Waals surface area contributed by atoms with Gasteiger partial charge in [-0.15, -0.1) is 0 Å². The van der Waals surface area contributed by atoms with Gasteiger partial charge in [0.05, 0.1) is 10.9 Å². The number of benzene rings is 1. The van der Waals surface area contributed by atoms with Crippen molar-refractivity contribution in [2.24, 2.45) is 0 Å². The van der Waals surface area contributed by atoms with Gasteiger partial charge in [-0.3, -0.25) is 4.79 Å². The van der Waals surface area contributed by atoms with Crippen molar-refractivity contribution in [3.63, 3.8) is 0 Å². The molecular formula is C13H12N4O2. The number of carboxylic acid groups (broad SMARTS) is 1. The van der Waals surface area contributed by atoms with Gasteiger partial charge in [0.2, 0.25) is 0 Å². The molecule has 0 saturated carbocycles. The summed E-state index contributed by atoms with van der Waals surface area (Å²) in [4.78, 5) is 19.2. The zero-order chi connectivity index (χ0) is 13.6. The fraction of sp³-hybridized carbons (Fsp3) is 0.154. The lowest BCUT2D eigenvalue weighted by molar-refractivity contribution is -0.137. The normalized spacial score (nSPS) is 11.2. The summed E-state index contributed by atoms with van der Waals surface area (Å²) in [6.07, 6.45) is 1.35. The Morgan fingerprint density at radius 1 is 1.42 bits per heavy atom. The van der Waals surface area contributed by atoms with Gasteiger partial charge in [0.1, 0.15) is 24.3 Å². The van der Waals surface area contributed by atoms with Crippen molar-refractivity contribution in [1.29, 1.82) is 0 Å². The Morgan fingerprint density at radius 2 is 2.21 bits per heavy atom. The molecule has 0 unspecified atom stereocenters. The van der Waals surface area contributed by atoms with Gasteiger partial charge in [0.15, 0.2) is 0 Å². The average Bonchev–Trinajstić information content (AvgIpc) is 2.64. The SMILES string of the molecule is Cc1ccc2c(c1)c1c(N)ncnc1n2CC(=O)O. The Balaban J connectivity index is 2.50. The van der Waals surface area contributed by atoms with Crippen LogP contribution in [0.3, 0.4) is 0 Å². The van der Waals surface area contributed by atoms with Crippen LogP contribution in [0, 0.1) is 6.92 Å². The van der Waals surface area contributed by atoms with Crippen LogP contribution in [0.15, 0.2) is 24.5 Å². The van der Waals surface area contributed by atoms with Gasteiger partial charge in [-0.2, -0.15) is 0 Å². The summed E-state index contributed by atoms with van der Waals surface area (Å²) in [6.45, 7) is 1.82. The molecule has 0 aliphatic heterocycles. The standard InChI is InChI=1S/C13H12N4O2/c1-7-2-3-9-8(4-7)11-12(14)15-6-16-13(11)17(9)5-10(18)19/h2-4,6H,5H2,1H3,(H,18,19)(H2,14,15,16). The molecule has 3 aromatic rings. The van der Waals surface area contributed by atoms with Gasteiger partial charge < -0.3 is 15.4 Å². The smallest absolute Gasteiger partial charge is 0.323 e. The number of nitrogens with zero attached hydrogens (tertiary/aromatic N) is 3. The maximum atomic E-state index is 11.0. The number of hydrogen-bond donors (Lipinski definition) is 2. The Bertz CT molecular complexity index is 807. The Labute approximate surface area is 108 Å². The van der Waals surface area contributed by atoms with E-state index in [2.05, 4.69) is 9.97 Å². The van der Waals surface area contributed by atoms with Crippen molar-refractivity contribution in [2.75, 3.05) is 5.73 Å². The van der Waals surface area contributed by atoms with Gasteiger partial charge in [-0.05, 0) is 19.1 Å². The Kier molecular flexibility index (Phi) is 2.38. The molecule has 0 saturated heterocycles. The number of aromatic nitrogens is 3. The van der Waals surface area contributed by atoms with E-state index in [0.717, 1.165) is 16.5 Å². The minimum Gasteiger partial charge on any atom is -0.480 e. The number of hydrogen-bond acceptors (Lipinski definition) is 4. The molecule has 2 heterocycles. The van der Waals surface area contributed by atoms with E-state index in [1.807, 2.05) is 25.1 Å². The second-order valence-corrected chi connectivity index (χ2v) is 4.46. The van der Waals surface area contributed by atoms with Gasteiger partial charge >= 0.3 is 5.97 Å². The number of nitrogen functional groups attached to an aromatic ring is 1. The number of rotatable bonds is 2. The molecule has 1 aromatic carbocycles. The molecular weight excluding hydrogens is 244 g/mol. The molecule has 6 heteroatoms. The molecule has 6 nitrogen and oxygen atoms in total. The second-order valence-electron chi connectivity index (χ2n) is 4.46. The topological polar surface area (TPSA) is 94.0 Å². The van der Waals surface area contributed by atoms with Crippen molar-refractivity contribution < 1.29 is 9.90 Å². The lowest BCUT2D eigenvalue weighted by Gasteiger charge is -2.02. The quantitative estimate of drug-likeness (QED) is 0.725. The van der Waals surface area contributed by atoms with E-state index in [-0.39, 0.29) is 6.54 Å². The van der Waals surface area contributed by atoms with Crippen molar-refractivity contribution in [3.05, 3.63) is 30.1 Å². The number of carboxylic acids is 1. The highest BCUT2D eigenvalue weighted by Crippen LogP contribution is 2.31. The van der Waals surface area contributed by atoms with Crippen molar-refractivity contribution in [1.82, 2.24) is 14.5 Å². The summed E-state index contributed by atoms with van der Waals surface area (Å²) in [5.41, 5.74) is 8.33. The molecule has 0 aliphatic rings. The fourth-order valence-electron chi connectivity index (χ4n) is 2.35. The summed E-state index contributed by atoms with van der Waals surface area (Å²) < 4.78 is 1.64. The van der Waals surface area contributed by atoms with Crippen LogP contribution in [-0.4, -0.2) is 25.6 Å². The van der Waals surface area contributed by atoms with Crippen molar-refractivity contribution in [2.45, 2.75) is 13.5 Å². The van der Waals surface area contributed by atoms with Crippen LogP contribution in [0.1, 0.15) is 5.56 Å². The van der Waals surface area contributed by atoms with E-state index in [9.17, 15) is 4.79 Å². The lowest BCUT2D eigenvalue weighted by Crippen LogP contribution is -2.09. The highest BCUT2D eigenvalue weighted by atomic mass is 16.4. The maximum absolute atomic E-state index is 11.0. The Morgan fingerprint density at radius 3 is 2.95 bits per heavy atom. The number of aryl methyl sites for hydroxylation is 1. The minimum absolute atomic E-state index is 0.153. The average molecular weight is 256 g/mol. The Hall–Kier alpha value is -2.63. The first-order valence-electron chi connectivity index (χ1n) is 5.79. The zero-order valence-electron chi connectivity index (χ0n) is 10.3. The molecule has 0 atom stereocenters. The lowest BCUT2D eigenvalue weighted by atomic mass is 10.1. The summed E-state index contributed by atoms with van der Waals surface area (Å²) in [6, 6.07) is 5.79. The highest BCUT2D eigenvalue weighted by Gasteiger charge is 2.16. The van der Waals surface area contributed by atoms with Crippen LogP contribution >= 0.6 is 0 Å². The molecule has 3 N–H and O–H groups in total. The van der Waals surface area contributed by atoms with E-state index in [1.54, 1.807) is 4.57 Å². The molecule has 19 heavy (non-hydrogen) atoms. The van der Waals surface area contributed by atoms with Crippen LogP contribution in [0.25, 0.3) is 21.9 Å². The number of anilines is 1. The first-order valence-corrected chi connectivity index (χ1v) is 5.79. The monoisotopic (exact) mass is 256 g/mol. The molecule has 0 fully saturated rings. The predicted molar refractivity (Wildman–Crippen MR) is 71.8 cm³/mol. The maximum Gasteiger partial charge on any atom is 0.323 e. The molecule has 0 bridgehead atoms. The third kappa shape index (κ3) is 1.69. The van der Waals surface area contributed by atoms with E-state index >= 15 is 0 Å². The number of nitrogens with two attached hydrogens (primary N) is 1. The van der Waals surface area contributed by atoms with E-state index < -0.39 is 5.97 Å². The van der Waals surface area contributed by atoms with Crippen molar-refractivity contribution in [3.8, 4) is 0 Å². The van der Waals surface area contributed by atoms with E-state index in [4.69, 9.17) is 10.8 Å². The molecule has 96 valence electrons. The first-order chi connectivity index (χ1) is 9.08. The van der Waals surface area contributed by atoms with E-state index in [0.29, 0.717) is 16.9 Å². The van der Waals surface area contributed by atoms with Crippen LogP contribution in [-0.2, 0) is 11.3 Å². The molecule has 0 spiro atoms. The molecule has 0 amide bonds. The van der Waals surface area contributed by atoms with Gasteiger partial charge in [-0.1, -0.05) is 11.6 Å². The minimum atomic E-state index is -0.920. The first kappa shape index (κ1) is 11.5. The van der Waals surface area contributed by atoms with E-state index in [1.165, 1.54) is 6.33 Å². The molecule has 0 radical (unpaired) electrons. The van der Waals surface area contributed by atoms with Crippen LogP contribution in [0.5, 0.6) is 0 Å². The summed E-state index contributed by atoms with van der Waals surface area (Å²) in [5, 5.41) is 10.6. The predicted octanol–water partition coefficient (Wildman–Crippen LogP) is 1.56. The molecule has 2 aromatic heterocycles. The number of fused-ring (bicyclic) bond motifs is 3.